The van der Waals surface area contributed by atoms with Gasteiger partial charge in [-0.3, -0.25) is 0 Å². The van der Waals surface area contributed by atoms with Gasteiger partial charge in [0.2, 0.25) is 0 Å². The molecule has 1 aromatic rings. The van der Waals surface area contributed by atoms with E-state index >= 15 is 0 Å². The van der Waals surface area contributed by atoms with Crippen LogP contribution >= 0.6 is 44.1 Å². The second-order valence-electron chi connectivity index (χ2n) is 5.76. The molecule has 0 spiro atoms. The first kappa shape index (κ1) is 22.0. The molecule has 0 saturated carbocycles. The van der Waals surface area contributed by atoms with Gasteiger partial charge >= 0.3 is 5.97 Å². The number of benzene rings is 1. The summed E-state index contributed by atoms with van der Waals surface area (Å²) in [6.07, 6.45) is 0.871. The number of hydrogen-bond acceptors (Lipinski definition) is 5. The number of rotatable bonds is 7. The first-order valence-electron chi connectivity index (χ1n) is 8.49. The van der Waals surface area contributed by atoms with E-state index in [0.717, 1.165) is 16.5 Å². The van der Waals surface area contributed by atoms with Crippen LogP contribution in [0.2, 0.25) is 0 Å². The maximum Gasteiger partial charge on any atom is 0.337 e. The number of halogens is 2. The van der Waals surface area contributed by atoms with Crippen molar-refractivity contribution in [3.63, 3.8) is 0 Å². The summed E-state index contributed by atoms with van der Waals surface area (Å²) in [6.45, 7) is 6.77. The third-order valence-corrected chi connectivity index (χ3v) is 6.25. The second-order valence-corrected chi connectivity index (χ2v) is 7.76. The zero-order valence-corrected chi connectivity index (χ0v) is 19.6. The molecule has 0 aromatic heterocycles. The van der Waals surface area contributed by atoms with Crippen molar-refractivity contribution in [2.24, 2.45) is 0 Å². The van der Waals surface area contributed by atoms with Crippen LogP contribution in [0.15, 0.2) is 26.3 Å². The maximum absolute atomic E-state index is 12.4. The van der Waals surface area contributed by atoms with Crippen LogP contribution in [0.3, 0.4) is 0 Å². The van der Waals surface area contributed by atoms with Gasteiger partial charge in [0.1, 0.15) is 0 Å². The minimum atomic E-state index is -0.503. The Morgan fingerprint density at radius 1 is 1.26 bits per heavy atom. The summed E-state index contributed by atoms with van der Waals surface area (Å²) < 4.78 is 18.1. The second kappa shape index (κ2) is 9.75. The number of esters is 1. The van der Waals surface area contributed by atoms with Crippen LogP contribution < -0.4 is 20.1 Å². The number of carbonyl (C=O) groups is 1. The Bertz CT molecular complexity index is 783. The Hall–Kier alpha value is -1.32. The molecule has 148 valence electrons. The van der Waals surface area contributed by atoms with Crippen LogP contribution in [0.1, 0.15) is 38.8 Å². The van der Waals surface area contributed by atoms with Gasteiger partial charge in [0, 0.05) is 10.2 Å². The molecule has 0 unspecified atom stereocenters. The lowest BCUT2D eigenvalue weighted by atomic mass is 9.95. The smallest absolute Gasteiger partial charge is 0.337 e. The maximum atomic E-state index is 12.4. The Morgan fingerprint density at radius 2 is 1.96 bits per heavy atom. The molecular formula is C18H22Br2N2O4S. The molecule has 0 bridgehead atoms. The van der Waals surface area contributed by atoms with E-state index in [1.54, 1.807) is 6.92 Å². The SMILES string of the molecule is CCCOc1c(OCC)cc([C@@H]2NC(=S)NC(C)=C2C(=O)OC)c(Br)c1Br. The first-order chi connectivity index (χ1) is 12.8. The Balaban J connectivity index is 2.63. The van der Waals surface area contributed by atoms with Crippen molar-refractivity contribution in [3.8, 4) is 11.5 Å². The minimum Gasteiger partial charge on any atom is -0.490 e. The highest BCUT2D eigenvalue weighted by atomic mass is 79.9. The topological polar surface area (TPSA) is 68.8 Å². The number of methoxy groups -OCH3 is 1. The number of ether oxygens (including phenoxy) is 3. The summed E-state index contributed by atoms with van der Waals surface area (Å²) in [4.78, 5) is 12.4. The Kier molecular flexibility index (Phi) is 7.93. The van der Waals surface area contributed by atoms with Gasteiger partial charge in [-0.2, -0.15) is 0 Å². The van der Waals surface area contributed by atoms with E-state index in [9.17, 15) is 4.79 Å². The van der Waals surface area contributed by atoms with E-state index in [0.29, 0.717) is 45.6 Å². The van der Waals surface area contributed by atoms with Crippen molar-refractivity contribution >= 4 is 55.2 Å². The number of allylic oxidation sites excluding steroid dienone is 1. The molecule has 1 heterocycles. The molecule has 2 rings (SSSR count). The monoisotopic (exact) mass is 520 g/mol. The van der Waals surface area contributed by atoms with Crippen molar-refractivity contribution in [3.05, 3.63) is 31.8 Å². The van der Waals surface area contributed by atoms with E-state index in [2.05, 4.69) is 42.5 Å². The summed E-state index contributed by atoms with van der Waals surface area (Å²) in [6, 6.07) is 1.35. The fourth-order valence-electron chi connectivity index (χ4n) is 2.72. The molecule has 1 atom stereocenters. The third kappa shape index (κ3) is 4.75. The highest BCUT2D eigenvalue weighted by Crippen LogP contribution is 2.46. The van der Waals surface area contributed by atoms with E-state index < -0.39 is 12.0 Å². The molecular weight excluding hydrogens is 500 g/mol. The largest absolute Gasteiger partial charge is 0.490 e. The average molecular weight is 522 g/mol. The molecule has 1 aliphatic heterocycles. The molecule has 0 aliphatic carbocycles. The highest BCUT2D eigenvalue weighted by molar-refractivity contribution is 9.13. The zero-order chi connectivity index (χ0) is 20.1. The summed E-state index contributed by atoms with van der Waals surface area (Å²) >= 11 is 12.5. The van der Waals surface area contributed by atoms with Crippen molar-refractivity contribution in [2.75, 3.05) is 20.3 Å². The lowest BCUT2D eigenvalue weighted by molar-refractivity contribution is -0.136. The summed E-state index contributed by atoms with van der Waals surface area (Å²) in [5, 5.41) is 6.54. The highest BCUT2D eigenvalue weighted by Gasteiger charge is 2.33. The lowest BCUT2D eigenvalue weighted by Crippen LogP contribution is -2.45. The van der Waals surface area contributed by atoms with E-state index in [1.807, 2.05) is 19.9 Å². The van der Waals surface area contributed by atoms with E-state index in [4.69, 9.17) is 26.4 Å². The minimum absolute atomic E-state index is 0.428. The summed E-state index contributed by atoms with van der Waals surface area (Å²) in [5.41, 5.74) is 1.86. The molecule has 2 N–H and O–H groups in total. The van der Waals surface area contributed by atoms with Crippen molar-refractivity contribution in [2.45, 2.75) is 33.2 Å². The number of nitrogens with one attached hydrogen (secondary N) is 2. The zero-order valence-electron chi connectivity index (χ0n) is 15.6. The molecule has 9 heteroatoms. The number of hydrogen-bond donors (Lipinski definition) is 2. The molecule has 0 radical (unpaired) electrons. The van der Waals surface area contributed by atoms with Crippen molar-refractivity contribution < 1.29 is 19.0 Å². The molecule has 1 aliphatic rings. The average Bonchev–Trinajstić information content (AvgIpc) is 2.63. The first-order valence-corrected chi connectivity index (χ1v) is 10.5. The van der Waals surface area contributed by atoms with Gasteiger partial charge in [-0.25, -0.2) is 4.79 Å². The Labute approximate surface area is 181 Å². The van der Waals surface area contributed by atoms with Gasteiger partial charge in [-0.05, 0) is 76.0 Å². The molecule has 6 nitrogen and oxygen atoms in total. The standard InChI is InChI=1S/C18H22Br2N2O4S/c1-5-7-26-16-11(25-6-2)8-10(13(19)14(16)20)15-12(17(23)24-4)9(3)21-18(27)22-15/h8,15H,5-7H2,1-4H3,(H2,21,22,27)/t15-/m0/s1. The van der Waals surface area contributed by atoms with Crippen LogP contribution in [-0.2, 0) is 9.53 Å². The lowest BCUT2D eigenvalue weighted by Gasteiger charge is -2.31. The van der Waals surface area contributed by atoms with Gasteiger partial charge in [0.05, 0.1) is 36.4 Å². The number of carbonyl (C=O) groups excluding carboxylic acids is 1. The fraction of sp³-hybridized carbons (Fsp3) is 0.444. The van der Waals surface area contributed by atoms with Crippen LogP contribution in [0.25, 0.3) is 0 Å². The number of thiocarbonyl (C=S) groups is 1. The van der Waals surface area contributed by atoms with Gasteiger partial charge < -0.3 is 24.8 Å². The van der Waals surface area contributed by atoms with Crippen LogP contribution in [0.4, 0.5) is 0 Å². The normalized spacial score (nSPS) is 16.5. The van der Waals surface area contributed by atoms with Crippen molar-refractivity contribution in [1.82, 2.24) is 10.6 Å². The van der Waals surface area contributed by atoms with Crippen LogP contribution in [0.5, 0.6) is 11.5 Å². The van der Waals surface area contributed by atoms with Gasteiger partial charge in [0.25, 0.3) is 0 Å². The van der Waals surface area contributed by atoms with Gasteiger partial charge in [0.15, 0.2) is 16.6 Å². The van der Waals surface area contributed by atoms with Gasteiger partial charge in [-0.15, -0.1) is 0 Å². The van der Waals surface area contributed by atoms with Crippen molar-refractivity contribution in [1.29, 1.82) is 0 Å². The fourth-order valence-corrected chi connectivity index (χ4v) is 4.06. The van der Waals surface area contributed by atoms with E-state index in [-0.39, 0.29) is 0 Å². The van der Waals surface area contributed by atoms with Crippen LogP contribution in [0, 0.1) is 0 Å². The molecule has 1 aromatic carbocycles. The summed E-state index contributed by atoms with van der Waals surface area (Å²) in [7, 11) is 1.35. The van der Waals surface area contributed by atoms with Gasteiger partial charge in [-0.1, -0.05) is 6.92 Å². The van der Waals surface area contributed by atoms with E-state index in [1.165, 1.54) is 7.11 Å². The predicted molar refractivity (Wildman–Crippen MR) is 115 cm³/mol. The Morgan fingerprint density at radius 3 is 2.56 bits per heavy atom. The molecule has 0 fully saturated rings. The molecule has 0 saturated heterocycles. The molecule has 27 heavy (non-hydrogen) atoms. The summed E-state index contributed by atoms with van der Waals surface area (Å²) in [5.74, 6) is 0.766. The quantitative estimate of drug-likeness (QED) is 0.408. The third-order valence-electron chi connectivity index (χ3n) is 3.89. The predicted octanol–water partition coefficient (Wildman–Crippen LogP) is 4.36. The van der Waals surface area contributed by atoms with Crippen LogP contribution in [-0.4, -0.2) is 31.4 Å². The molecule has 0 amide bonds.